The highest BCUT2D eigenvalue weighted by Gasteiger charge is 2.22. The van der Waals surface area contributed by atoms with E-state index < -0.39 is 25.7 Å². The Morgan fingerprint density at radius 2 is 1.84 bits per heavy atom. The fourth-order valence-electron chi connectivity index (χ4n) is 4.84. The van der Waals surface area contributed by atoms with Crippen LogP contribution in [0.4, 0.5) is 8.78 Å². The molecule has 3 aromatic heterocycles. The number of carbonyl (C=O) groups is 1. The van der Waals surface area contributed by atoms with Crippen LogP contribution < -0.4 is 10.3 Å². The van der Waals surface area contributed by atoms with Crippen LogP contribution in [-0.4, -0.2) is 45.9 Å². The van der Waals surface area contributed by atoms with Gasteiger partial charge in [-0.3, -0.25) is 9.59 Å². The van der Waals surface area contributed by atoms with Gasteiger partial charge in [0, 0.05) is 56.7 Å². The number of halogens is 2. The van der Waals surface area contributed by atoms with Crippen molar-refractivity contribution < 1.29 is 27.8 Å². The first-order chi connectivity index (χ1) is 20.5. The van der Waals surface area contributed by atoms with Gasteiger partial charge >= 0.3 is 5.97 Å². The molecular weight excluding hydrogens is 574 g/mol. The lowest BCUT2D eigenvalue weighted by Crippen LogP contribution is -2.23. The van der Waals surface area contributed by atoms with Gasteiger partial charge in [0.15, 0.2) is 17.3 Å². The minimum absolute atomic E-state index is 0.0846. The fraction of sp³-hybridized carbons (Fsp3) is 0.323. The average Bonchev–Trinajstić information content (AvgIpc) is 3.55. The van der Waals surface area contributed by atoms with E-state index in [1.165, 1.54) is 17.0 Å². The number of pyridine rings is 1. The topological polar surface area (TPSA) is 89.5 Å². The third kappa shape index (κ3) is 6.39. The minimum atomic E-state index is -1.28. The molecule has 0 amide bonds. The predicted molar refractivity (Wildman–Crippen MR) is 163 cm³/mol. The summed E-state index contributed by atoms with van der Waals surface area (Å²) in [7, 11) is 0.373. The number of aromatic nitrogens is 4. The van der Waals surface area contributed by atoms with Crippen molar-refractivity contribution in [1.29, 1.82) is 0 Å². The highest BCUT2D eigenvalue weighted by molar-refractivity contribution is 6.76. The van der Waals surface area contributed by atoms with Gasteiger partial charge in [0.2, 0.25) is 0 Å². The number of rotatable bonds is 11. The van der Waals surface area contributed by atoms with Gasteiger partial charge in [-0.1, -0.05) is 19.6 Å². The predicted octanol–water partition coefficient (Wildman–Crippen LogP) is 6.30. The van der Waals surface area contributed by atoms with Gasteiger partial charge in [0.05, 0.1) is 18.5 Å². The third-order valence-corrected chi connectivity index (χ3v) is 8.78. The second-order valence-electron chi connectivity index (χ2n) is 11.5. The second-order valence-corrected chi connectivity index (χ2v) is 17.1. The zero-order valence-electron chi connectivity index (χ0n) is 24.8. The summed E-state index contributed by atoms with van der Waals surface area (Å²) >= 11 is 0. The van der Waals surface area contributed by atoms with Crippen LogP contribution in [0.15, 0.2) is 59.9 Å². The van der Waals surface area contributed by atoms with E-state index in [-0.39, 0.29) is 36.9 Å². The largest absolute Gasteiger partial charge is 0.465 e. The van der Waals surface area contributed by atoms with Crippen LogP contribution in [-0.2, 0) is 34.6 Å². The quantitative estimate of drug-likeness (QED) is 0.0993. The number of fused-ring (bicyclic) bond motifs is 2. The second kappa shape index (κ2) is 12.1. The summed E-state index contributed by atoms with van der Waals surface area (Å²) in [6.45, 7) is 9.52. The van der Waals surface area contributed by atoms with Crippen LogP contribution in [0.3, 0.4) is 0 Å². The first-order valence-corrected chi connectivity index (χ1v) is 17.7. The maximum Gasteiger partial charge on any atom is 0.325 e. The molecule has 5 aromatic rings. The number of esters is 1. The number of imidazole rings is 1. The molecule has 12 heteroatoms. The van der Waals surface area contributed by atoms with Crippen molar-refractivity contribution in [3.8, 4) is 22.6 Å². The molecule has 226 valence electrons. The van der Waals surface area contributed by atoms with E-state index in [2.05, 4.69) is 24.6 Å². The minimum Gasteiger partial charge on any atom is -0.465 e. The van der Waals surface area contributed by atoms with E-state index in [0.29, 0.717) is 39.7 Å². The standard InChI is InChI=1S/C31H34F2N4O5Si/c1-6-41-27(38)17-37-18-34-28-25(37)9-8-22(30(28)42-26-10-7-20(32)15-24(26)33)23-16-35(2)31(39)29-21(23)11-12-36(29)19-40-13-14-43(3,4)5/h7-12,15-16,18H,6,13-14,17,19H2,1-5H3. The van der Waals surface area contributed by atoms with Crippen molar-refractivity contribution in [2.75, 3.05) is 13.2 Å². The monoisotopic (exact) mass is 608 g/mol. The summed E-state index contributed by atoms with van der Waals surface area (Å²) in [4.78, 5) is 30.1. The van der Waals surface area contributed by atoms with Crippen molar-refractivity contribution in [2.24, 2.45) is 7.05 Å². The van der Waals surface area contributed by atoms with Crippen LogP contribution in [0.2, 0.25) is 25.7 Å². The van der Waals surface area contributed by atoms with Gasteiger partial charge in [0.25, 0.3) is 5.56 Å². The number of benzene rings is 2. The smallest absolute Gasteiger partial charge is 0.325 e. The fourth-order valence-corrected chi connectivity index (χ4v) is 5.60. The van der Waals surface area contributed by atoms with Crippen LogP contribution in [0.1, 0.15) is 6.92 Å². The molecule has 2 aromatic carbocycles. The van der Waals surface area contributed by atoms with E-state index in [9.17, 15) is 18.4 Å². The van der Waals surface area contributed by atoms with E-state index in [1.807, 2.05) is 6.07 Å². The molecule has 0 unspecified atom stereocenters. The molecule has 3 heterocycles. The van der Waals surface area contributed by atoms with Gasteiger partial charge in [-0.2, -0.15) is 0 Å². The zero-order chi connectivity index (χ0) is 30.9. The van der Waals surface area contributed by atoms with Crippen molar-refractivity contribution in [3.05, 3.63) is 77.1 Å². The number of aryl methyl sites for hydroxylation is 1. The molecule has 0 N–H and O–H groups in total. The number of hydrogen-bond acceptors (Lipinski definition) is 6. The lowest BCUT2D eigenvalue weighted by atomic mass is 10.0. The Kier molecular flexibility index (Phi) is 8.51. The molecule has 43 heavy (non-hydrogen) atoms. The van der Waals surface area contributed by atoms with Crippen LogP contribution in [0, 0.1) is 11.6 Å². The maximum atomic E-state index is 14.8. The van der Waals surface area contributed by atoms with Crippen molar-refractivity contribution in [2.45, 2.75) is 45.9 Å². The normalized spacial score (nSPS) is 11.9. The maximum absolute atomic E-state index is 14.8. The number of nitrogens with zero attached hydrogens (tertiary/aromatic N) is 4. The van der Waals surface area contributed by atoms with Crippen molar-refractivity contribution in [1.82, 2.24) is 18.7 Å². The lowest BCUT2D eigenvalue weighted by Gasteiger charge is -2.16. The Bertz CT molecular complexity index is 1870. The van der Waals surface area contributed by atoms with Crippen molar-refractivity contribution in [3.63, 3.8) is 0 Å². The molecule has 0 fully saturated rings. The van der Waals surface area contributed by atoms with E-state index in [4.69, 9.17) is 14.2 Å². The third-order valence-electron chi connectivity index (χ3n) is 7.07. The SMILES string of the molecule is CCOC(=O)Cn1cnc2c(Oc3ccc(F)cc3F)c(-c3cn(C)c(=O)c4c3ccn4COCC[Si](C)(C)C)ccc21. The Morgan fingerprint density at radius 3 is 2.56 bits per heavy atom. The van der Waals surface area contributed by atoms with E-state index in [1.54, 1.807) is 47.6 Å². The zero-order valence-corrected chi connectivity index (χ0v) is 25.8. The van der Waals surface area contributed by atoms with Crippen molar-refractivity contribution >= 4 is 36.0 Å². The summed E-state index contributed by atoms with van der Waals surface area (Å²) in [6.07, 6.45) is 4.96. The highest BCUT2D eigenvalue weighted by Crippen LogP contribution is 2.41. The van der Waals surface area contributed by atoms with Gasteiger partial charge in [-0.05, 0) is 43.3 Å². The Morgan fingerprint density at radius 1 is 1.05 bits per heavy atom. The van der Waals surface area contributed by atoms with Gasteiger partial charge in [-0.15, -0.1) is 0 Å². The number of hydrogen-bond donors (Lipinski definition) is 0. The Labute approximate surface area is 248 Å². The van der Waals surface area contributed by atoms with Crippen LogP contribution >= 0.6 is 0 Å². The number of ether oxygens (including phenoxy) is 3. The van der Waals surface area contributed by atoms with Gasteiger partial charge < -0.3 is 27.9 Å². The lowest BCUT2D eigenvalue weighted by molar-refractivity contribution is -0.143. The summed E-state index contributed by atoms with van der Waals surface area (Å²) < 4.78 is 50.5. The molecule has 0 atom stereocenters. The molecule has 0 saturated carbocycles. The first kappa shape index (κ1) is 30.2. The summed E-state index contributed by atoms with van der Waals surface area (Å²) in [5.41, 5.74) is 2.29. The van der Waals surface area contributed by atoms with Gasteiger partial charge in [0.1, 0.15) is 30.1 Å². The molecule has 0 aliphatic heterocycles. The van der Waals surface area contributed by atoms with Crippen LogP contribution in [0.5, 0.6) is 11.5 Å². The Hall–Kier alpha value is -4.29. The number of carbonyl (C=O) groups excluding carboxylic acids is 1. The van der Waals surface area contributed by atoms with Crippen LogP contribution in [0.25, 0.3) is 33.1 Å². The molecule has 0 aliphatic carbocycles. The molecule has 0 aliphatic rings. The molecular formula is C31H34F2N4O5Si. The average molecular weight is 609 g/mol. The Balaban J connectivity index is 1.64. The van der Waals surface area contributed by atoms with E-state index in [0.717, 1.165) is 18.2 Å². The first-order valence-electron chi connectivity index (χ1n) is 14.0. The molecule has 0 radical (unpaired) electrons. The molecule has 0 bridgehead atoms. The van der Waals surface area contributed by atoms with Gasteiger partial charge in [-0.25, -0.2) is 13.8 Å². The summed E-state index contributed by atoms with van der Waals surface area (Å²) in [6, 6.07) is 9.42. The molecule has 0 saturated heterocycles. The summed E-state index contributed by atoms with van der Waals surface area (Å²) in [5.74, 6) is -2.09. The molecule has 5 rings (SSSR count). The molecule has 0 spiro atoms. The molecule has 9 nitrogen and oxygen atoms in total. The van der Waals surface area contributed by atoms with E-state index >= 15 is 0 Å². The summed E-state index contributed by atoms with van der Waals surface area (Å²) in [5, 5.41) is 0.645. The highest BCUT2D eigenvalue weighted by atomic mass is 28.3.